The Balaban J connectivity index is 1.83. The van der Waals surface area contributed by atoms with Gasteiger partial charge in [-0.3, -0.25) is 4.99 Å². The molecular formula is C14H14N2. The van der Waals surface area contributed by atoms with E-state index in [4.69, 9.17) is 5.73 Å². The molecule has 2 aliphatic rings. The van der Waals surface area contributed by atoms with Gasteiger partial charge >= 0.3 is 0 Å². The highest BCUT2D eigenvalue weighted by Crippen LogP contribution is 2.30. The second kappa shape index (κ2) is 3.72. The maximum absolute atomic E-state index is 5.68. The predicted molar refractivity (Wildman–Crippen MR) is 67.1 cm³/mol. The third kappa shape index (κ3) is 1.72. The zero-order valence-electron chi connectivity index (χ0n) is 9.06. The van der Waals surface area contributed by atoms with E-state index in [9.17, 15) is 0 Å². The first-order valence-electron chi connectivity index (χ1n) is 5.63. The summed E-state index contributed by atoms with van der Waals surface area (Å²) in [4.78, 5) is 4.17. The lowest BCUT2D eigenvalue weighted by Gasteiger charge is -2.12. The molecule has 0 saturated heterocycles. The van der Waals surface area contributed by atoms with Crippen LogP contribution in [0.15, 0.2) is 53.0 Å². The van der Waals surface area contributed by atoms with Crippen LogP contribution < -0.4 is 5.73 Å². The van der Waals surface area contributed by atoms with E-state index >= 15 is 0 Å². The third-order valence-corrected chi connectivity index (χ3v) is 3.11. The first kappa shape index (κ1) is 9.55. The van der Waals surface area contributed by atoms with E-state index < -0.39 is 0 Å². The largest absolute Gasteiger partial charge is 0.305 e. The molecule has 2 heteroatoms. The van der Waals surface area contributed by atoms with Gasteiger partial charge in [-0.25, -0.2) is 0 Å². The third-order valence-electron chi connectivity index (χ3n) is 3.11. The van der Waals surface area contributed by atoms with Crippen molar-refractivity contribution in [2.24, 2.45) is 10.7 Å². The van der Waals surface area contributed by atoms with E-state index in [1.54, 1.807) is 0 Å². The van der Waals surface area contributed by atoms with Crippen LogP contribution in [0.25, 0.3) is 5.57 Å². The summed E-state index contributed by atoms with van der Waals surface area (Å²) in [6.07, 6.45) is 6.49. The fourth-order valence-electron chi connectivity index (χ4n) is 2.13. The Labute approximate surface area is 95.2 Å². The minimum atomic E-state index is -0.0158. The number of nitrogens with two attached hydrogens (primary N) is 1. The smallest absolute Gasteiger partial charge is 0.140 e. The Bertz CT molecular complexity index is 495. The molecule has 1 aliphatic carbocycles. The highest BCUT2D eigenvalue weighted by molar-refractivity contribution is 6.13. The molecule has 0 amide bonds. The van der Waals surface area contributed by atoms with Crippen molar-refractivity contribution in [1.82, 2.24) is 0 Å². The van der Waals surface area contributed by atoms with Gasteiger partial charge in [0.1, 0.15) is 6.17 Å². The van der Waals surface area contributed by atoms with Crippen LogP contribution in [0.1, 0.15) is 18.4 Å². The molecule has 0 aromatic heterocycles. The predicted octanol–water partition coefficient (Wildman–Crippen LogP) is 2.53. The molecule has 1 unspecified atom stereocenters. The zero-order valence-corrected chi connectivity index (χ0v) is 9.06. The van der Waals surface area contributed by atoms with Gasteiger partial charge in [0.05, 0.1) is 5.71 Å². The van der Waals surface area contributed by atoms with Crippen LogP contribution >= 0.6 is 0 Å². The molecule has 0 radical (unpaired) electrons. The van der Waals surface area contributed by atoms with Gasteiger partial charge in [-0.05, 0) is 29.6 Å². The van der Waals surface area contributed by atoms with Crippen LogP contribution in [0.3, 0.4) is 0 Å². The number of nitrogens with zero attached hydrogens (tertiary/aromatic N) is 1. The second-order valence-electron chi connectivity index (χ2n) is 4.21. The van der Waals surface area contributed by atoms with Gasteiger partial charge in [0.2, 0.25) is 0 Å². The fourth-order valence-corrected chi connectivity index (χ4v) is 2.13. The van der Waals surface area contributed by atoms with Crippen molar-refractivity contribution < 1.29 is 0 Å². The average Bonchev–Trinajstić information content (AvgIpc) is 3.08. The van der Waals surface area contributed by atoms with E-state index in [2.05, 4.69) is 41.4 Å². The number of allylic oxidation sites excluding steroid dienone is 3. The van der Waals surface area contributed by atoms with E-state index in [0.717, 1.165) is 18.6 Å². The monoisotopic (exact) mass is 210 g/mol. The van der Waals surface area contributed by atoms with Gasteiger partial charge in [0.15, 0.2) is 0 Å². The van der Waals surface area contributed by atoms with Crippen molar-refractivity contribution in [3.8, 4) is 0 Å². The molecule has 0 fully saturated rings. The highest BCUT2D eigenvalue weighted by atomic mass is 15.1. The molecule has 0 bridgehead atoms. The summed E-state index contributed by atoms with van der Waals surface area (Å²) < 4.78 is 0. The van der Waals surface area contributed by atoms with Crippen LogP contribution in [0.2, 0.25) is 0 Å². The van der Waals surface area contributed by atoms with Crippen LogP contribution in [0, 0.1) is 0 Å². The van der Waals surface area contributed by atoms with Crippen molar-refractivity contribution in [2.75, 3.05) is 0 Å². The zero-order chi connectivity index (χ0) is 11.0. The molecular weight excluding hydrogens is 196 g/mol. The number of aliphatic imine (C=N–C) groups is 1. The van der Waals surface area contributed by atoms with Gasteiger partial charge in [-0.1, -0.05) is 42.5 Å². The number of rotatable bonds is 2. The van der Waals surface area contributed by atoms with Crippen molar-refractivity contribution in [3.63, 3.8) is 0 Å². The van der Waals surface area contributed by atoms with E-state index in [0.29, 0.717) is 0 Å². The summed E-state index contributed by atoms with van der Waals surface area (Å²) in [5, 5.41) is 0. The first-order chi connectivity index (χ1) is 7.84. The lowest BCUT2D eigenvalue weighted by molar-refractivity contribution is 1.01. The van der Waals surface area contributed by atoms with Crippen molar-refractivity contribution in [3.05, 3.63) is 53.6 Å². The molecule has 80 valence electrons. The molecule has 2 nitrogen and oxygen atoms in total. The van der Waals surface area contributed by atoms with Gasteiger partial charge < -0.3 is 5.73 Å². The highest BCUT2D eigenvalue weighted by Gasteiger charge is 2.27. The standard InChI is InChI=1S/C14H14N2/c15-14-13(16-14)12-8-6-11(7-9-12)10-4-2-1-3-5-10/h1-6,8,14H,7,9,15H2. The average molecular weight is 210 g/mol. The van der Waals surface area contributed by atoms with Crippen LogP contribution in [-0.4, -0.2) is 11.9 Å². The lowest BCUT2D eigenvalue weighted by atomic mass is 9.92. The summed E-state index contributed by atoms with van der Waals surface area (Å²) in [5.74, 6) is 0. The summed E-state index contributed by atoms with van der Waals surface area (Å²) in [6.45, 7) is 0. The molecule has 2 N–H and O–H groups in total. The summed E-state index contributed by atoms with van der Waals surface area (Å²) in [6, 6.07) is 10.5. The van der Waals surface area contributed by atoms with Crippen molar-refractivity contribution in [2.45, 2.75) is 19.0 Å². The quantitative estimate of drug-likeness (QED) is 0.800. The number of hydrogen-bond acceptors (Lipinski definition) is 2. The summed E-state index contributed by atoms with van der Waals surface area (Å²) >= 11 is 0. The maximum atomic E-state index is 5.68. The Morgan fingerprint density at radius 1 is 1.00 bits per heavy atom. The molecule has 0 spiro atoms. The Morgan fingerprint density at radius 3 is 2.19 bits per heavy atom. The molecule has 1 aromatic carbocycles. The molecule has 0 saturated carbocycles. The number of benzene rings is 1. The minimum Gasteiger partial charge on any atom is -0.305 e. The van der Waals surface area contributed by atoms with Crippen LogP contribution in [-0.2, 0) is 0 Å². The molecule has 16 heavy (non-hydrogen) atoms. The number of hydrogen-bond donors (Lipinski definition) is 1. The van der Waals surface area contributed by atoms with Crippen LogP contribution in [0.4, 0.5) is 0 Å². The normalized spacial score (nSPS) is 23.3. The lowest BCUT2D eigenvalue weighted by Crippen LogP contribution is -2.11. The van der Waals surface area contributed by atoms with Crippen LogP contribution in [0.5, 0.6) is 0 Å². The summed E-state index contributed by atoms with van der Waals surface area (Å²) in [5.41, 5.74) is 10.8. The van der Waals surface area contributed by atoms with Gasteiger partial charge in [0.25, 0.3) is 0 Å². The molecule has 1 aromatic rings. The molecule has 1 aliphatic heterocycles. The Kier molecular flexibility index (Phi) is 2.22. The van der Waals surface area contributed by atoms with Gasteiger partial charge in [0, 0.05) is 0 Å². The Hall–Kier alpha value is -1.67. The molecule has 1 atom stereocenters. The fraction of sp³-hybridized carbons (Fsp3) is 0.214. The maximum Gasteiger partial charge on any atom is 0.140 e. The second-order valence-corrected chi connectivity index (χ2v) is 4.21. The Morgan fingerprint density at radius 2 is 1.62 bits per heavy atom. The van der Waals surface area contributed by atoms with E-state index in [-0.39, 0.29) is 6.17 Å². The van der Waals surface area contributed by atoms with Gasteiger partial charge in [-0.2, -0.15) is 0 Å². The summed E-state index contributed by atoms with van der Waals surface area (Å²) in [7, 11) is 0. The molecule has 3 rings (SSSR count). The minimum absolute atomic E-state index is 0.0158. The van der Waals surface area contributed by atoms with E-state index in [1.165, 1.54) is 16.7 Å². The SMILES string of the molecule is NC1N=C1C1=CC=C(c2ccccc2)CC1. The van der Waals surface area contributed by atoms with Crippen molar-refractivity contribution >= 4 is 11.3 Å². The van der Waals surface area contributed by atoms with Gasteiger partial charge in [-0.15, -0.1) is 0 Å². The first-order valence-corrected chi connectivity index (χ1v) is 5.63. The molecule has 1 heterocycles. The topological polar surface area (TPSA) is 38.4 Å². The van der Waals surface area contributed by atoms with Crippen molar-refractivity contribution in [1.29, 1.82) is 0 Å². The van der Waals surface area contributed by atoms with E-state index in [1.807, 2.05) is 6.07 Å².